The van der Waals surface area contributed by atoms with E-state index in [4.69, 9.17) is 34.6 Å². The number of halogens is 2. The zero-order valence-electron chi connectivity index (χ0n) is 17.2. The fraction of sp³-hybridized carbons (Fsp3) is 0.318. The minimum absolute atomic E-state index is 0. The summed E-state index contributed by atoms with van der Waals surface area (Å²) >= 11 is -1.64. The Balaban J connectivity index is 0. The van der Waals surface area contributed by atoms with E-state index in [9.17, 15) is 0 Å². The summed E-state index contributed by atoms with van der Waals surface area (Å²) in [6.07, 6.45) is 0.500. The van der Waals surface area contributed by atoms with Crippen molar-refractivity contribution < 1.29 is 25.5 Å². The van der Waals surface area contributed by atoms with Crippen LogP contribution in [0, 0.1) is 7.43 Å². The third-order valence-electron chi connectivity index (χ3n) is 2.84. The van der Waals surface area contributed by atoms with Crippen LogP contribution >= 0.6 is 18.6 Å². The average molecular weight is 461 g/mol. The Bertz CT molecular complexity index is 735. The summed E-state index contributed by atoms with van der Waals surface area (Å²) in [7, 11) is 10.2. The van der Waals surface area contributed by atoms with Gasteiger partial charge in [0.2, 0.25) is 0 Å². The maximum atomic E-state index is 7.91. The van der Waals surface area contributed by atoms with Crippen molar-refractivity contribution in [2.75, 3.05) is 13.2 Å². The summed E-state index contributed by atoms with van der Waals surface area (Å²) in [6, 6.07) is 19.3. The van der Waals surface area contributed by atoms with Gasteiger partial charge in [0.15, 0.2) is 0 Å². The van der Waals surface area contributed by atoms with Crippen LogP contribution in [0.5, 0.6) is 0 Å². The van der Waals surface area contributed by atoms with Gasteiger partial charge in [-0.1, -0.05) is 57.2 Å². The van der Waals surface area contributed by atoms with Crippen LogP contribution in [0.25, 0.3) is 27.3 Å². The van der Waals surface area contributed by atoms with Crippen molar-refractivity contribution >= 4 is 45.0 Å². The number of aliphatic hydroxyl groups is 2. The maximum Gasteiger partial charge on any atom is -0.0771 e. The van der Waals surface area contributed by atoms with Gasteiger partial charge in [-0.3, -0.25) is 0 Å². The molecule has 28 heavy (non-hydrogen) atoms. The summed E-state index contributed by atoms with van der Waals surface area (Å²) < 4.78 is 0. The van der Waals surface area contributed by atoms with Gasteiger partial charge in [-0.2, -0.15) is 0 Å². The van der Waals surface area contributed by atoms with Crippen LogP contribution in [0.15, 0.2) is 54.6 Å². The average Bonchev–Trinajstić information content (AvgIpc) is 2.93. The minimum atomic E-state index is -1.64. The number of fused-ring (bicyclic) bond motifs is 3. The van der Waals surface area contributed by atoms with E-state index in [1.54, 1.807) is 0 Å². The predicted molar refractivity (Wildman–Crippen MR) is 125 cm³/mol. The van der Waals surface area contributed by atoms with E-state index >= 15 is 0 Å². The zero-order valence-corrected chi connectivity index (χ0v) is 20.2. The van der Waals surface area contributed by atoms with E-state index in [1.807, 2.05) is 20.8 Å². The van der Waals surface area contributed by atoms with Crippen LogP contribution in [-0.4, -0.2) is 33.8 Å². The molecular formula is C22H32Cl2NO2Ti-3. The molecule has 0 aliphatic carbocycles. The third-order valence-corrected chi connectivity index (χ3v) is 2.84. The molecule has 0 aromatic heterocycles. The van der Waals surface area contributed by atoms with E-state index in [1.165, 1.54) is 21.5 Å². The molecule has 0 unspecified atom stereocenters. The van der Waals surface area contributed by atoms with Gasteiger partial charge in [0.1, 0.15) is 0 Å². The molecule has 0 heterocycles. The van der Waals surface area contributed by atoms with Gasteiger partial charge in [-0.05, 0) is 6.42 Å². The fourth-order valence-corrected chi connectivity index (χ4v) is 1.97. The van der Waals surface area contributed by atoms with Gasteiger partial charge in [-0.15, -0.1) is 45.3 Å². The Labute approximate surface area is 183 Å². The van der Waals surface area contributed by atoms with Gasteiger partial charge >= 0.3 is 38.7 Å². The number of hydrogen-bond donors (Lipinski definition) is 2. The van der Waals surface area contributed by atoms with Crippen LogP contribution in [0.3, 0.4) is 0 Å². The molecule has 0 saturated carbocycles. The normalized spacial score (nSPS) is 9.71. The van der Waals surface area contributed by atoms with Crippen LogP contribution in [-0.2, 0) is 15.3 Å². The van der Waals surface area contributed by atoms with Gasteiger partial charge in [0.25, 0.3) is 0 Å². The van der Waals surface area contributed by atoms with Gasteiger partial charge in [0, 0.05) is 13.2 Å². The molecule has 158 valence electrons. The molecule has 0 atom stereocenters. The second kappa shape index (κ2) is 16.2. The van der Waals surface area contributed by atoms with Gasteiger partial charge in [0.05, 0.1) is 0 Å². The molecule has 0 saturated heterocycles. The Morgan fingerprint density at radius 1 is 0.929 bits per heavy atom. The minimum Gasteiger partial charge on any atom is -0.358 e. The molecule has 0 aliphatic heterocycles. The molecule has 3 N–H and O–H groups in total. The first-order valence-electron chi connectivity index (χ1n) is 8.60. The van der Waals surface area contributed by atoms with Crippen molar-refractivity contribution in [3.8, 4) is 0 Å². The molecule has 6 heteroatoms. The summed E-state index contributed by atoms with van der Waals surface area (Å²) in [4.78, 5) is 3.34. The van der Waals surface area contributed by atoms with E-state index in [2.05, 4.69) is 59.4 Å². The van der Waals surface area contributed by atoms with Crippen molar-refractivity contribution in [2.24, 2.45) is 0 Å². The van der Waals surface area contributed by atoms with Crippen molar-refractivity contribution in [1.82, 2.24) is 0 Å². The van der Waals surface area contributed by atoms with E-state index in [0.29, 0.717) is 6.42 Å². The second-order valence-corrected chi connectivity index (χ2v) is 12.3. The summed E-state index contributed by atoms with van der Waals surface area (Å²) in [6.45, 7) is 5.75. The molecule has 3 nitrogen and oxygen atoms in total. The van der Waals surface area contributed by atoms with Crippen molar-refractivity contribution in [1.29, 1.82) is 0 Å². The quantitative estimate of drug-likeness (QED) is 0.329. The number of rotatable bonds is 2. The first-order valence-corrected chi connectivity index (χ1v) is 14.0. The number of nitrogens with one attached hydrogen (secondary N) is 1. The number of benzene rings is 2. The number of hydrogen-bond acceptors (Lipinski definition) is 2. The SMILES string of the molecule is CC(C)(C)[NH-].OCCCO.[CH2]=[Ti]([Cl])[Cl].[CH3-].c1ccc2c(c1)[cH-]c1ccccc12. The summed E-state index contributed by atoms with van der Waals surface area (Å²) in [5.41, 5.74) is 6.69. The first-order chi connectivity index (χ1) is 12.6. The van der Waals surface area contributed by atoms with E-state index < -0.39 is 15.3 Å². The topological polar surface area (TPSA) is 64.3 Å². The molecule has 0 fully saturated rings. The second-order valence-electron chi connectivity index (χ2n) is 6.71. The fourth-order valence-electron chi connectivity index (χ4n) is 1.97. The summed E-state index contributed by atoms with van der Waals surface area (Å²) in [5.74, 6) is 0. The van der Waals surface area contributed by atoms with E-state index in [0.717, 1.165) is 0 Å². The van der Waals surface area contributed by atoms with Crippen LogP contribution < -0.4 is 0 Å². The van der Waals surface area contributed by atoms with Crippen molar-refractivity contribution in [3.05, 3.63) is 67.8 Å². The molecule has 3 rings (SSSR count). The first kappa shape index (κ1) is 29.6. The molecule has 0 bridgehead atoms. The van der Waals surface area contributed by atoms with Gasteiger partial charge < -0.3 is 23.4 Å². The van der Waals surface area contributed by atoms with Crippen molar-refractivity contribution in [3.63, 3.8) is 0 Å². The molecule has 0 spiro atoms. The van der Waals surface area contributed by atoms with E-state index in [-0.39, 0.29) is 26.2 Å². The monoisotopic (exact) mass is 460 g/mol. The van der Waals surface area contributed by atoms with Crippen LogP contribution in [0.4, 0.5) is 0 Å². The Morgan fingerprint density at radius 2 is 1.21 bits per heavy atom. The molecule has 0 radical (unpaired) electrons. The molecule has 0 amide bonds. The third kappa shape index (κ3) is 15.3. The summed E-state index contributed by atoms with van der Waals surface area (Å²) in [5, 5.41) is 21.2. The Morgan fingerprint density at radius 3 is 1.46 bits per heavy atom. The predicted octanol–water partition coefficient (Wildman–Crippen LogP) is 6.70. The smallest absolute Gasteiger partial charge is 0.0771 e. The largest absolute Gasteiger partial charge is 0.358 e. The molecule has 3 aromatic carbocycles. The van der Waals surface area contributed by atoms with Crippen LogP contribution in [0.2, 0.25) is 0 Å². The molecule has 3 aromatic rings. The number of aliphatic hydroxyl groups excluding tert-OH is 2. The zero-order chi connectivity index (χ0) is 20.9. The van der Waals surface area contributed by atoms with Crippen molar-refractivity contribution in [2.45, 2.75) is 32.7 Å². The standard InChI is InChI=1S/C13H9.C4H10N.C3H8O2.CH3.CH2.2ClH.Ti/c1-3-7-12-10(5-1)9-11-6-2-4-8-13(11)12;1-4(2,3)5;4-2-1-3-5;;;;;/h1-9H;5H,1-3H3;4-5H,1-3H2;1H3;1H2;2*1H;/q2*-1;;-1;;;;+2/p-2. The molecule has 0 aliphatic rings. The molecular weight excluding hydrogens is 429 g/mol. The Hall–Kier alpha value is -0.646. The maximum absolute atomic E-state index is 7.91. The Kier molecular flexibility index (Phi) is 17.1. The van der Waals surface area contributed by atoms with Gasteiger partial charge in [-0.25, -0.2) is 0 Å². The van der Waals surface area contributed by atoms with Crippen LogP contribution in [0.1, 0.15) is 27.2 Å².